The summed E-state index contributed by atoms with van der Waals surface area (Å²) in [6.45, 7) is 1.48. The molecule has 118 valence electrons. The van der Waals surface area contributed by atoms with Crippen LogP contribution >= 0.6 is 0 Å². The normalized spacial score (nSPS) is 12.0. The van der Waals surface area contributed by atoms with Gasteiger partial charge in [-0.15, -0.1) is 0 Å². The van der Waals surface area contributed by atoms with Crippen molar-refractivity contribution in [1.82, 2.24) is 15.0 Å². The number of H-pyrrole nitrogens is 3. The predicted molar refractivity (Wildman–Crippen MR) is 83.2 cm³/mol. The summed E-state index contributed by atoms with van der Waals surface area (Å²) in [5.74, 6) is -1.08. The van der Waals surface area contributed by atoms with Crippen LogP contribution < -0.4 is 11.0 Å². The highest BCUT2D eigenvalue weighted by atomic mass is 16.5. The van der Waals surface area contributed by atoms with Gasteiger partial charge in [0.25, 0.3) is 5.91 Å². The molecule has 2 heterocycles. The van der Waals surface area contributed by atoms with Crippen LogP contribution in [0.2, 0.25) is 0 Å². The van der Waals surface area contributed by atoms with E-state index in [4.69, 9.17) is 4.74 Å². The van der Waals surface area contributed by atoms with Gasteiger partial charge < -0.3 is 25.0 Å². The van der Waals surface area contributed by atoms with Crippen molar-refractivity contribution in [2.75, 3.05) is 5.32 Å². The van der Waals surface area contributed by atoms with E-state index >= 15 is 0 Å². The fourth-order valence-corrected chi connectivity index (χ4v) is 2.09. The molecule has 8 nitrogen and oxygen atoms in total. The van der Waals surface area contributed by atoms with E-state index < -0.39 is 18.0 Å². The number of benzene rings is 1. The first-order chi connectivity index (χ1) is 11.0. The largest absolute Gasteiger partial charge is 0.448 e. The molecular weight excluding hydrogens is 300 g/mol. The van der Waals surface area contributed by atoms with Gasteiger partial charge in [-0.3, -0.25) is 4.79 Å². The average molecular weight is 314 g/mol. The highest BCUT2D eigenvalue weighted by Gasteiger charge is 2.19. The van der Waals surface area contributed by atoms with E-state index in [0.717, 1.165) is 0 Å². The molecule has 3 rings (SSSR count). The van der Waals surface area contributed by atoms with Crippen molar-refractivity contribution in [2.24, 2.45) is 0 Å². The van der Waals surface area contributed by atoms with Crippen LogP contribution in [-0.4, -0.2) is 32.9 Å². The Balaban J connectivity index is 1.67. The molecule has 0 unspecified atom stereocenters. The van der Waals surface area contributed by atoms with Gasteiger partial charge >= 0.3 is 11.7 Å². The van der Waals surface area contributed by atoms with Crippen molar-refractivity contribution >= 4 is 28.6 Å². The Morgan fingerprint density at radius 3 is 2.70 bits per heavy atom. The van der Waals surface area contributed by atoms with Crippen molar-refractivity contribution in [3.05, 3.63) is 52.7 Å². The molecule has 0 saturated carbocycles. The number of hydrogen-bond acceptors (Lipinski definition) is 4. The second kappa shape index (κ2) is 5.84. The number of amides is 1. The lowest BCUT2D eigenvalue weighted by molar-refractivity contribution is -0.123. The zero-order valence-corrected chi connectivity index (χ0v) is 12.2. The molecule has 1 aromatic carbocycles. The van der Waals surface area contributed by atoms with E-state index in [2.05, 4.69) is 20.3 Å². The first-order valence-corrected chi connectivity index (χ1v) is 6.90. The second-order valence-corrected chi connectivity index (χ2v) is 4.96. The van der Waals surface area contributed by atoms with Crippen LogP contribution in [0.1, 0.15) is 17.4 Å². The second-order valence-electron chi connectivity index (χ2n) is 4.96. The average Bonchev–Trinajstić information content (AvgIpc) is 3.14. The van der Waals surface area contributed by atoms with E-state index in [-0.39, 0.29) is 11.4 Å². The maximum absolute atomic E-state index is 12.1. The van der Waals surface area contributed by atoms with Crippen LogP contribution in [0.15, 0.2) is 41.3 Å². The highest BCUT2D eigenvalue weighted by molar-refractivity contribution is 5.97. The van der Waals surface area contributed by atoms with E-state index in [1.165, 1.54) is 6.92 Å². The van der Waals surface area contributed by atoms with E-state index in [1.807, 2.05) is 0 Å². The number of imidazole rings is 1. The van der Waals surface area contributed by atoms with E-state index in [9.17, 15) is 14.4 Å². The van der Waals surface area contributed by atoms with Gasteiger partial charge in [0.15, 0.2) is 6.10 Å². The number of aromatic amines is 3. The fraction of sp³-hybridized carbons (Fsp3) is 0.133. The number of nitrogens with one attached hydrogen (secondary N) is 4. The summed E-state index contributed by atoms with van der Waals surface area (Å²) in [5, 5.41) is 2.63. The molecule has 1 amide bonds. The number of esters is 1. The Kier molecular flexibility index (Phi) is 3.71. The minimum Gasteiger partial charge on any atom is -0.448 e. The predicted octanol–water partition coefficient (Wildman–Crippen LogP) is 1.37. The van der Waals surface area contributed by atoms with E-state index in [1.54, 1.807) is 36.5 Å². The monoisotopic (exact) mass is 314 g/mol. The van der Waals surface area contributed by atoms with Crippen LogP contribution in [-0.2, 0) is 9.53 Å². The number of ether oxygens (including phenoxy) is 1. The van der Waals surface area contributed by atoms with Crippen molar-refractivity contribution in [3.8, 4) is 0 Å². The van der Waals surface area contributed by atoms with Crippen molar-refractivity contribution in [2.45, 2.75) is 13.0 Å². The molecule has 0 radical (unpaired) electrons. The Morgan fingerprint density at radius 2 is 1.96 bits per heavy atom. The minimum absolute atomic E-state index is 0.274. The summed E-state index contributed by atoms with van der Waals surface area (Å²) < 4.78 is 5.07. The molecular formula is C15H14N4O4. The maximum Gasteiger partial charge on any atom is 0.355 e. The van der Waals surface area contributed by atoms with Crippen LogP contribution in [0, 0.1) is 0 Å². The summed E-state index contributed by atoms with van der Waals surface area (Å²) in [7, 11) is 0. The Labute approximate surface area is 129 Å². The van der Waals surface area contributed by atoms with Crippen LogP contribution in [0.4, 0.5) is 5.69 Å². The number of aromatic nitrogens is 3. The van der Waals surface area contributed by atoms with Crippen LogP contribution in [0.5, 0.6) is 0 Å². The number of fused-ring (bicyclic) bond motifs is 1. The molecule has 23 heavy (non-hydrogen) atoms. The Bertz CT molecular complexity index is 907. The van der Waals surface area contributed by atoms with Gasteiger partial charge in [-0.25, -0.2) is 9.59 Å². The molecule has 0 bridgehead atoms. The zero-order valence-electron chi connectivity index (χ0n) is 12.2. The molecule has 2 aromatic heterocycles. The molecule has 4 N–H and O–H groups in total. The minimum atomic E-state index is -0.966. The molecule has 0 aliphatic rings. The summed E-state index contributed by atoms with van der Waals surface area (Å²) in [6.07, 6.45) is 0.626. The molecule has 0 saturated heterocycles. The van der Waals surface area contributed by atoms with Crippen molar-refractivity contribution in [3.63, 3.8) is 0 Å². The number of hydrogen-bond donors (Lipinski definition) is 4. The molecule has 0 spiro atoms. The van der Waals surface area contributed by atoms with E-state index in [0.29, 0.717) is 16.7 Å². The molecule has 3 aromatic rings. The third kappa shape index (κ3) is 3.15. The third-order valence-corrected chi connectivity index (χ3v) is 3.25. The maximum atomic E-state index is 12.1. The quantitative estimate of drug-likeness (QED) is 0.543. The van der Waals surface area contributed by atoms with Gasteiger partial charge in [-0.2, -0.15) is 0 Å². The van der Waals surface area contributed by atoms with Crippen LogP contribution in [0.25, 0.3) is 11.0 Å². The zero-order chi connectivity index (χ0) is 16.4. The van der Waals surface area contributed by atoms with Gasteiger partial charge in [-0.05, 0) is 37.3 Å². The summed E-state index contributed by atoms with van der Waals surface area (Å²) >= 11 is 0. The number of carbonyl (C=O) groups excluding carboxylic acids is 2. The number of rotatable bonds is 4. The van der Waals surface area contributed by atoms with Gasteiger partial charge in [0.2, 0.25) is 0 Å². The summed E-state index contributed by atoms with van der Waals surface area (Å²) in [5.41, 5.74) is 1.65. The van der Waals surface area contributed by atoms with Gasteiger partial charge in [0, 0.05) is 11.9 Å². The molecule has 0 fully saturated rings. The lowest BCUT2D eigenvalue weighted by Crippen LogP contribution is -2.30. The number of carbonyl (C=O) groups is 2. The highest BCUT2D eigenvalue weighted by Crippen LogP contribution is 2.15. The third-order valence-electron chi connectivity index (χ3n) is 3.25. The standard InChI is InChI=1S/C15H14N4O4/c1-8(23-14(21)11-3-2-6-16-11)13(20)17-9-4-5-10-12(7-9)19-15(22)18-10/h2-8,16H,1H3,(H,17,20)(H2,18,19,22)/t8-/m1/s1. The topological polar surface area (TPSA) is 120 Å². The number of anilines is 1. The first-order valence-electron chi connectivity index (χ1n) is 6.90. The SMILES string of the molecule is C[C@@H](OC(=O)c1ccc[nH]1)C(=O)Nc1ccc2[nH]c(=O)[nH]c2c1. The molecule has 1 atom stereocenters. The van der Waals surface area contributed by atoms with Gasteiger partial charge in [-0.1, -0.05) is 0 Å². The Hall–Kier alpha value is -3.29. The smallest absolute Gasteiger partial charge is 0.355 e. The van der Waals surface area contributed by atoms with Gasteiger partial charge in [0.05, 0.1) is 11.0 Å². The van der Waals surface area contributed by atoms with Crippen LogP contribution in [0.3, 0.4) is 0 Å². The Morgan fingerprint density at radius 1 is 1.17 bits per heavy atom. The molecule has 0 aliphatic carbocycles. The lowest BCUT2D eigenvalue weighted by Gasteiger charge is -2.13. The fourth-order valence-electron chi connectivity index (χ4n) is 2.09. The summed E-state index contributed by atoms with van der Waals surface area (Å²) in [4.78, 5) is 43.0. The van der Waals surface area contributed by atoms with Gasteiger partial charge in [0.1, 0.15) is 5.69 Å². The lowest BCUT2D eigenvalue weighted by atomic mass is 10.2. The van der Waals surface area contributed by atoms with Crippen molar-refractivity contribution in [1.29, 1.82) is 0 Å². The molecule has 0 aliphatic heterocycles. The summed E-state index contributed by atoms with van der Waals surface area (Å²) in [6, 6.07) is 8.14. The van der Waals surface area contributed by atoms with Crippen molar-refractivity contribution < 1.29 is 14.3 Å². The molecule has 8 heteroatoms. The first kappa shape index (κ1) is 14.6.